The van der Waals surface area contributed by atoms with Crippen LogP contribution in [0.3, 0.4) is 0 Å². The van der Waals surface area contributed by atoms with Crippen LogP contribution in [0.2, 0.25) is 0 Å². The fourth-order valence-electron chi connectivity index (χ4n) is 3.22. The Morgan fingerprint density at radius 3 is 2.11 bits per heavy atom. The number of methoxy groups -OCH3 is 1. The van der Waals surface area contributed by atoms with E-state index in [0.717, 1.165) is 5.39 Å². The Morgan fingerprint density at radius 2 is 1.46 bits per heavy atom. The Morgan fingerprint density at radius 1 is 0.857 bits per heavy atom. The highest BCUT2D eigenvalue weighted by Crippen LogP contribution is 2.36. The number of ether oxygens (including phenoxy) is 1. The number of hydrogen-bond acceptors (Lipinski definition) is 5. The molecule has 3 aromatic carbocycles. The molecular weight excluding hydrogens is 358 g/mol. The maximum Gasteiger partial charge on any atom is 0.344 e. The predicted octanol–water partition coefficient (Wildman–Crippen LogP) is 5.04. The molecule has 28 heavy (non-hydrogen) atoms. The average molecular weight is 373 g/mol. The van der Waals surface area contributed by atoms with Gasteiger partial charge in [-0.15, -0.1) is 0 Å². The van der Waals surface area contributed by atoms with E-state index >= 15 is 0 Å². The summed E-state index contributed by atoms with van der Waals surface area (Å²) >= 11 is 0. The lowest BCUT2D eigenvalue weighted by Crippen LogP contribution is -2.06. The number of nitro benzene ring substituents is 1. The molecular formula is C22H15NO5. The zero-order valence-electron chi connectivity index (χ0n) is 14.9. The Balaban J connectivity index is 2.03. The van der Waals surface area contributed by atoms with E-state index in [0.29, 0.717) is 33.6 Å². The van der Waals surface area contributed by atoms with Crippen LogP contribution in [0, 0.1) is 10.1 Å². The first kappa shape index (κ1) is 17.5. The van der Waals surface area contributed by atoms with Crippen molar-refractivity contribution in [1.29, 1.82) is 0 Å². The lowest BCUT2D eigenvalue weighted by atomic mass is 9.93. The lowest BCUT2D eigenvalue weighted by molar-refractivity contribution is -0.384. The van der Waals surface area contributed by atoms with Gasteiger partial charge >= 0.3 is 5.63 Å². The smallest absolute Gasteiger partial charge is 0.344 e. The summed E-state index contributed by atoms with van der Waals surface area (Å²) in [7, 11) is 1.57. The van der Waals surface area contributed by atoms with Crippen LogP contribution >= 0.6 is 0 Å². The first-order valence-corrected chi connectivity index (χ1v) is 8.53. The van der Waals surface area contributed by atoms with Crippen molar-refractivity contribution in [3.8, 4) is 28.0 Å². The molecule has 0 aliphatic rings. The Kier molecular flexibility index (Phi) is 4.37. The fraction of sp³-hybridized carbons (Fsp3) is 0.0455. The standard InChI is InChI=1S/C22H15NO5/c1-27-17-12-8-15(9-13-17)21-20(14-6-10-16(11-7-14)23(25)26)18-4-2-3-5-19(18)28-22(21)24/h2-13H,1H3. The molecule has 0 aliphatic carbocycles. The molecule has 0 amide bonds. The van der Waals surface area contributed by atoms with Crippen LogP contribution in [0.5, 0.6) is 5.75 Å². The Hall–Kier alpha value is -3.93. The number of para-hydroxylation sites is 1. The molecule has 0 radical (unpaired) electrons. The number of nitrogens with zero attached hydrogens (tertiary/aromatic N) is 1. The second-order valence-corrected chi connectivity index (χ2v) is 6.17. The molecule has 0 saturated carbocycles. The molecule has 0 spiro atoms. The molecule has 1 heterocycles. The van der Waals surface area contributed by atoms with Gasteiger partial charge in [0, 0.05) is 23.1 Å². The SMILES string of the molecule is COc1ccc(-c2c(-c3ccc([N+](=O)[O-])cc3)c3ccccc3oc2=O)cc1. The molecule has 0 unspecified atom stereocenters. The maximum atomic E-state index is 12.9. The number of benzene rings is 3. The van der Waals surface area contributed by atoms with Crippen molar-refractivity contribution in [3.05, 3.63) is 93.3 Å². The van der Waals surface area contributed by atoms with Gasteiger partial charge in [-0.1, -0.05) is 30.3 Å². The topological polar surface area (TPSA) is 82.6 Å². The average Bonchev–Trinajstić information content (AvgIpc) is 2.73. The summed E-state index contributed by atoms with van der Waals surface area (Å²) in [6.45, 7) is 0. The molecule has 0 aliphatic heterocycles. The zero-order valence-corrected chi connectivity index (χ0v) is 14.9. The first-order chi connectivity index (χ1) is 13.6. The number of fused-ring (bicyclic) bond motifs is 1. The van der Waals surface area contributed by atoms with E-state index < -0.39 is 10.5 Å². The third kappa shape index (κ3) is 3.01. The van der Waals surface area contributed by atoms with Crippen LogP contribution in [-0.2, 0) is 0 Å². The monoisotopic (exact) mass is 373 g/mol. The molecule has 4 aromatic rings. The molecule has 0 fully saturated rings. The van der Waals surface area contributed by atoms with Crippen LogP contribution in [0.4, 0.5) is 5.69 Å². The van der Waals surface area contributed by atoms with Crippen molar-refractivity contribution >= 4 is 16.7 Å². The third-order valence-corrected chi connectivity index (χ3v) is 4.56. The molecule has 4 rings (SSSR count). The molecule has 6 nitrogen and oxygen atoms in total. The molecule has 0 bridgehead atoms. The van der Waals surface area contributed by atoms with Crippen molar-refractivity contribution in [3.63, 3.8) is 0 Å². The van der Waals surface area contributed by atoms with Gasteiger partial charge in [-0.2, -0.15) is 0 Å². The molecule has 1 aromatic heterocycles. The molecule has 0 atom stereocenters. The minimum atomic E-state index is -0.475. The van der Waals surface area contributed by atoms with Crippen molar-refractivity contribution < 1.29 is 14.1 Å². The summed E-state index contributed by atoms with van der Waals surface area (Å²) in [5.74, 6) is 0.672. The van der Waals surface area contributed by atoms with E-state index in [9.17, 15) is 14.9 Å². The molecule has 138 valence electrons. The second kappa shape index (κ2) is 7.00. The van der Waals surface area contributed by atoms with E-state index in [-0.39, 0.29) is 5.69 Å². The second-order valence-electron chi connectivity index (χ2n) is 6.17. The van der Waals surface area contributed by atoms with Crippen molar-refractivity contribution in [1.82, 2.24) is 0 Å². The van der Waals surface area contributed by atoms with Crippen LogP contribution < -0.4 is 10.4 Å². The highest BCUT2D eigenvalue weighted by Gasteiger charge is 2.18. The van der Waals surface area contributed by atoms with E-state index in [1.807, 2.05) is 12.1 Å². The van der Waals surface area contributed by atoms with E-state index in [1.165, 1.54) is 12.1 Å². The minimum Gasteiger partial charge on any atom is -0.497 e. The normalized spacial score (nSPS) is 10.8. The van der Waals surface area contributed by atoms with E-state index in [4.69, 9.17) is 9.15 Å². The molecule has 6 heteroatoms. The largest absolute Gasteiger partial charge is 0.497 e. The van der Waals surface area contributed by atoms with Gasteiger partial charge < -0.3 is 9.15 Å². The maximum absolute atomic E-state index is 12.9. The van der Waals surface area contributed by atoms with Crippen LogP contribution in [0.1, 0.15) is 0 Å². The van der Waals surface area contributed by atoms with Crippen LogP contribution in [-0.4, -0.2) is 12.0 Å². The van der Waals surface area contributed by atoms with E-state index in [1.54, 1.807) is 55.6 Å². The lowest BCUT2D eigenvalue weighted by Gasteiger charge is -2.12. The van der Waals surface area contributed by atoms with Crippen LogP contribution in [0.15, 0.2) is 82.0 Å². The third-order valence-electron chi connectivity index (χ3n) is 4.56. The predicted molar refractivity (Wildman–Crippen MR) is 107 cm³/mol. The van der Waals surface area contributed by atoms with Crippen molar-refractivity contribution in [2.45, 2.75) is 0 Å². The number of non-ortho nitro benzene ring substituents is 1. The first-order valence-electron chi connectivity index (χ1n) is 8.53. The summed E-state index contributed by atoms with van der Waals surface area (Å²) in [5, 5.41) is 11.7. The zero-order chi connectivity index (χ0) is 19.7. The highest BCUT2D eigenvalue weighted by atomic mass is 16.6. The van der Waals surface area contributed by atoms with Crippen molar-refractivity contribution in [2.75, 3.05) is 7.11 Å². The summed E-state index contributed by atoms with van der Waals surface area (Å²) in [6, 6.07) is 20.5. The van der Waals surface area contributed by atoms with E-state index in [2.05, 4.69) is 0 Å². The van der Waals surface area contributed by atoms with Gasteiger partial charge in [0.05, 0.1) is 17.6 Å². The van der Waals surface area contributed by atoms with Gasteiger partial charge in [-0.05, 0) is 41.5 Å². The molecule has 0 saturated heterocycles. The summed E-state index contributed by atoms with van der Waals surface area (Å²) in [5.41, 5.74) is 2.41. The highest BCUT2D eigenvalue weighted by molar-refractivity contribution is 6.01. The van der Waals surface area contributed by atoms with Gasteiger partial charge in [0.15, 0.2) is 0 Å². The number of nitro groups is 1. The summed E-state index contributed by atoms with van der Waals surface area (Å²) in [6.07, 6.45) is 0. The minimum absolute atomic E-state index is 0.0120. The fourth-order valence-corrected chi connectivity index (χ4v) is 3.22. The van der Waals surface area contributed by atoms with Gasteiger partial charge in [-0.25, -0.2) is 4.79 Å². The van der Waals surface area contributed by atoms with Gasteiger partial charge in [0.1, 0.15) is 11.3 Å². The molecule has 0 N–H and O–H groups in total. The summed E-state index contributed by atoms with van der Waals surface area (Å²) in [4.78, 5) is 23.4. The van der Waals surface area contributed by atoms with Gasteiger partial charge in [0.2, 0.25) is 0 Å². The number of rotatable bonds is 4. The van der Waals surface area contributed by atoms with Crippen molar-refractivity contribution in [2.24, 2.45) is 0 Å². The summed E-state index contributed by atoms with van der Waals surface area (Å²) < 4.78 is 10.7. The van der Waals surface area contributed by atoms with Gasteiger partial charge in [-0.3, -0.25) is 10.1 Å². The van der Waals surface area contributed by atoms with Gasteiger partial charge in [0.25, 0.3) is 5.69 Å². The Labute approximate surface area is 159 Å². The van der Waals surface area contributed by atoms with Crippen LogP contribution in [0.25, 0.3) is 33.2 Å². The number of hydrogen-bond donors (Lipinski definition) is 0. The Bertz CT molecular complexity index is 1220. The quantitative estimate of drug-likeness (QED) is 0.284.